The van der Waals surface area contributed by atoms with Crippen LogP contribution in [0.3, 0.4) is 0 Å². The van der Waals surface area contributed by atoms with Crippen LogP contribution in [0, 0.1) is 35.5 Å². The van der Waals surface area contributed by atoms with Gasteiger partial charge in [-0.3, -0.25) is 4.79 Å². The van der Waals surface area contributed by atoms with Crippen LogP contribution < -0.4 is 0 Å². The molecule has 0 bridgehead atoms. The number of carbonyl (C=O) groups is 1. The van der Waals surface area contributed by atoms with Crippen molar-refractivity contribution < 1.29 is 13.9 Å². The van der Waals surface area contributed by atoms with E-state index in [-0.39, 0.29) is 18.0 Å². The van der Waals surface area contributed by atoms with Gasteiger partial charge in [-0.15, -0.1) is 0 Å². The van der Waals surface area contributed by atoms with Crippen LogP contribution in [-0.2, 0) is 9.53 Å². The first-order chi connectivity index (χ1) is 12.8. The van der Waals surface area contributed by atoms with Gasteiger partial charge in [0.2, 0.25) is 0 Å². The Morgan fingerprint density at radius 1 is 1.07 bits per heavy atom. The molecule has 3 fully saturated rings. The van der Waals surface area contributed by atoms with Crippen LogP contribution in [-0.4, -0.2) is 43.3 Å². The summed E-state index contributed by atoms with van der Waals surface area (Å²) in [7, 11) is 2.11. The summed E-state index contributed by atoms with van der Waals surface area (Å²) < 4.78 is 19.8. The molecule has 27 heavy (non-hydrogen) atoms. The zero-order valence-corrected chi connectivity index (χ0v) is 17.8. The first-order valence-corrected chi connectivity index (χ1v) is 11.4. The minimum atomic E-state index is -0.631. The summed E-state index contributed by atoms with van der Waals surface area (Å²) >= 11 is 0. The first kappa shape index (κ1) is 21.1. The van der Waals surface area contributed by atoms with E-state index in [2.05, 4.69) is 32.7 Å². The van der Waals surface area contributed by atoms with Crippen molar-refractivity contribution in [3.8, 4) is 0 Å². The van der Waals surface area contributed by atoms with Crippen LogP contribution in [0.25, 0.3) is 0 Å². The maximum Gasteiger partial charge on any atom is 0.310 e. The fourth-order valence-electron chi connectivity index (χ4n) is 5.94. The quantitative estimate of drug-likeness (QED) is 0.636. The van der Waals surface area contributed by atoms with Gasteiger partial charge in [0.1, 0.15) is 12.3 Å². The molecule has 2 aliphatic carbocycles. The van der Waals surface area contributed by atoms with Crippen molar-refractivity contribution in [2.24, 2.45) is 35.5 Å². The Bertz CT molecular complexity index is 489. The van der Waals surface area contributed by atoms with Crippen molar-refractivity contribution >= 4 is 5.97 Å². The van der Waals surface area contributed by atoms with Gasteiger partial charge in [-0.05, 0) is 88.1 Å². The summed E-state index contributed by atoms with van der Waals surface area (Å²) in [6, 6.07) is 0. The Labute approximate surface area is 165 Å². The molecule has 0 aromatic rings. The molecule has 2 saturated carbocycles. The molecule has 0 aromatic heterocycles. The number of esters is 1. The lowest BCUT2D eigenvalue weighted by atomic mass is 9.70. The number of piperidine rings is 1. The average molecular weight is 382 g/mol. The van der Waals surface area contributed by atoms with E-state index in [1.165, 1.54) is 12.8 Å². The molecule has 1 heterocycles. The normalized spacial score (nSPS) is 41.5. The third kappa shape index (κ3) is 5.25. The van der Waals surface area contributed by atoms with Crippen LogP contribution in [0.15, 0.2) is 0 Å². The monoisotopic (exact) mass is 381 g/mol. The minimum absolute atomic E-state index is 0.0265. The summed E-state index contributed by atoms with van der Waals surface area (Å²) in [6.07, 6.45) is 7.15. The minimum Gasteiger partial charge on any atom is -0.462 e. The van der Waals surface area contributed by atoms with Crippen LogP contribution in [0.4, 0.5) is 4.39 Å². The van der Waals surface area contributed by atoms with E-state index < -0.39 is 6.17 Å². The second-order valence-electron chi connectivity index (χ2n) is 10.1. The van der Waals surface area contributed by atoms with Gasteiger partial charge in [0.25, 0.3) is 0 Å². The van der Waals surface area contributed by atoms with Crippen molar-refractivity contribution in [3.63, 3.8) is 0 Å². The molecule has 0 radical (unpaired) electrons. The van der Waals surface area contributed by atoms with Gasteiger partial charge in [0.05, 0.1) is 5.92 Å². The van der Waals surface area contributed by atoms with Crippen molar-refractivity contribution in [2.75, 3.05) is 20.1 Å². The highest BCUT2D eigenvalue weighted by Gasteiger charge is 2.42. The van der Waals surface area contributed by atoms with E-state index in [1.807, 2.05) is 0 Å². The molecule has 0 amide bonds. The van der Waals surface area contributed by atoms with Gasteiger partial charge in [0.15, 0.2) is 0 Å². The van der Waals surface area contributed by atoms with Crippen LogP contribution in [0.2, 0.25) is 0 Å². The maximum atomic E-state index is 13.6. The van der Waals surface area contributed by atoms with Gasteiger partial charge in [-0.2, -0.15) is 0 Å². The molecule has 0 spiro atoms. The average Bonchev–Trinajstić information content (AvgIpc) is 2.62. The zero-order valence-electron chi connectivity index (χ0n) is 17.8. The Morgan fingerprint density at radius 2 is 1.78 bits per heavy atom. The third-order valence-electron chi connectivity index (χ3n) is 7.71. The Kier molecular flexibility index (Phi) is 7.21. The van der Waals surface area contributed by atoms with E-state index >= 15 is 0 Å². The molecule has 0 aromatic carbocycles. The molecule has 0 N–H and O–H groups in total. The van der Waals surface area contributed by atoms with Crippen molar-refractivity contribution in [2.45, 2.75) is 84.4 Å². The third-order valence-corrected chi connectivity index (χ3v) is 7.71. The number of ether oxygens (including phenoxy) is 1. The number of hydrogen-bond acceptors (Lipinski definition) is 3. The van der Waals surface area contributed by atoms with E-state index in [0.717, 1.165) is 38.8 Å². The van der Waals surface area contributed by atoms with Crippen molar-refractivity contribution in [1.29, 1.82) is 0 Å². The Balaban J connectivity index is 1.67. The predicted octanol–water partition coefficient (Wildman–Crippen LogP) is 5.09. The van der Waals surface area contributed by atoms with Gasteiger partial charge in [-0.25, -0.2) is 4.39 Å². The van der Waals surface area contributed by atoms with Crippen molar-refractivity contribution in [1.82, 2.24) is 4.90 Å². The van der Waals surface area contributed by atoms with Gasteiger partial charge in [-0.1, -0.05) is 27.2 Å². The Hall–Kier alpha value is -0.640. The number of nitrogens with zero attached hydrogens (tertiary/aromatic N) is 1. The SMILES string of the molecule is CC(C)[C@@H]1CC[C@@H](C)CC1OC(=O)[C@H]1CN(C)CC[C@@H]1C1CCC(F)CC1. The summed E-state index contributed by atoms with van der Waals surface area (Å²) in [5.41, 5.74) is 0. The standard InChI is InChI=1S/C23H40FNO2/c1-15(2)19-10-5-16(3)13-22(19)27-23(26)21-14-25(4)12-11-20(21)17-6-8-18(24)9-7-17/h15-22H,5-14H2,1-4H3/t16-,17?,18?,19+,20-,21+,22?/m1/s1. The van der Waals surface area contributed by atoms with Crippen molar-refractivity contribution in [3.05, 3.63) is 0 Å². The van der Waals surface area contributed by atoms with E-state index in [1.54, 1.807) is 0 Å². The van der Waals surface area contributed by atoms with E-state index in [9.17, 15) is 9.18 Å². The summed E-state index contributed by atoms with van der Waals surface area (Å²) in [4.78, 5) is 15.6. The van der Waals surface area contributed by atoms with Crippen LogP contribution >= 0.6 is 0 Å². The van der Waals surface area contributed by atoms with Crippen LogP contribution in [0.5, 0.6) is 0 Å². The molecule has 4 heteroatoms. The summed E-state index contributed by atoms with van der Waals surface area (Å²) in [5.74, 6) is 2.55. The molecule has 5 atom stereocenters. The lowest BCUT2D eigenvalue weighted by Gasteiger charge is -2.43. The fourth-order valence-corrected chi connectivity index (χ4v) is 5.94. The molecule has 3 nitrogen and oxygen atoms in total. The molecule has 3 aliphatic rings. The first-order valence-electron chi connectivity index (χ1n) is 11.4. The smallest absolute Gasteiger partial charge is 0.310 e. The predicted molar refractivity (Wildman–Crippen MR) is 107 cm³/mol. The second-order valence-corrected chi connectivity index (χ2v) is 10.1. The number of rotatable bonds is 4. The topological polar surface area (TPSA) is 29.5 Å². The molecular weight excluding hydrogens is 341 g/mol. The highest BCUT2D eigenvalue weighted by molar-refractivity contribution is 5.73. The lowest BCUT2D eigenvalue weighted by molar-refractivity contribution is -0.166. The number of carbonyl (C=O) groups excluding carboxylic acids is 1. The largest absolute Gasteiger partial charge is 0.462 e. The number of hydrogen-bond donors (Lipinski definition) is 0. The fraction of sp³-hybridized carbons (Fsp3) is 0.957. The molecule has 3 rings (SSSR count). The molecular formula is C23H40FNO2. The van der Waals surface area contributed by atoms with Crippen LogP contribution in [0.1, 0.15) is 72.1 Å². The molecule has 1 aliphatic heterocycles. The second kappa shape index (κ2) is 9.24. The van der Waals surface area contributed by atoms with E-state index in [4.69, 9.17) is 4.74 Å². The molecule has 1 unspecified atom stereocenters. The summed E-state index contributed by atoms with van der Waals surface area (Å²) in [6.45, 7) is 8.64. The zero-order chi connectivity index (χ0) is 19.6. The number of alkyl halides is 1. The van der Waals surface area contributed by atoms with E-state index in [0.29, 0.717) is 42.4 Å². The highest BCUT2D eigenvalue weighted by atomic mass is 19.1. The lowest BCUT2D eigenvalue weighted by Crippen LogP contribution is -2.47. The number of likely N-dealkylation sites (tertiary alicyclic amines) is 1. The summed E-state index contributed by atoms with van der Waals surface area (Å²) in [5, 5.41) is 0. The molecule has 1 saturated heterocycles. The number of halogens is 1. The Morgan fingerprint density at radius 3 is 2.44 bits per heavy atom. The van der Waals surface area contributed by atoms with Gasteiger partial charge >= 0.3 is 5.97 Å². The maximum absolute atomic E-state index is 13.6. The van der Waals surface area contributed by atoms with Gasteiger partial charge in [0, 0.05) is 6.54 Å². The molecule has 156 valence electrons. The van der Waals surface area contributed by atoms with Gasteiger partial charge < -0.3 is 9.64 Å². The highest BCUT2D eigenvalue weighted by Crippen LogP contribution is 2.41.